The van der Waals surface area contributed by atoms with Crippen LogP contribution in [0.2, 0.25) is 0 Å². The molecule has 49 heavy (non-hydrogen) atoms. The van der Waals surface area contributed by atoms with Crippen LogP contribution in [0.25, 0.3) is 0 Å². The Morgan fingerprint density at radius 2 is 1.53 bits per heavy atom. The molecule has 0 aromatic carbocycles. The van der Waals surface area contributed by atoms with Crippen LogP contribution < -0.4 is 0 Å². The standard InChI is InChI=1S/C35H46O14/c1-15-12-22-20-9-8-19-13-23(39)26(41)30(42)34(19,6)21(20)10-11-33(22,5)25(15)24(40)14-45-35(7)31(48-18(4)38)28(47-17(3)37)27(46-16(2)36)29(49-35)32(43)44/h13,15,20-22,25,27-29,31,41-42H,8-12,14H2,1-7H3,(H,43,44)/t15-,20?,21?,22?,25+,27-,28-,29-,31+,33-,34-,35+/m0/s1. The van der Waals surface area contributed by atoms with Gasteiger partial charge in [0, 0.05) is 26.7 Å². The lowest BCUT2D eigenvalue weighted by molar-refractivity contribution is -0.349. The number of carbonyl (C=O) groups is 6. The van der Waals surface area contributed by atoms with Crippen LogP contribution in [0.5, 0.6) is 0 Å². The van der Waals surface area contributed by atoms with Crippen LogP contribution in [0.3, 0.4) is 0 Å². The molecule has 0 amide bonds. The van der Waals surface area contributed by atoms with Gasteiger partial charge in [0.1, 0.15) is 12.4 Å². The van der Waals surface area contributed by atoms with Crippen molar-refractivity contribution in [3.05, 3.63) is 23.2 Å². The van der Waals surface area contributed by atoms with Crippen LogP contribution in [0.1, 0.15) is 80.6 Å². The Hall–Kier alpha value is -3.78. The van der Waals surface area contributed by atoms with Crippen molar-refractivity contribution in [1.82, 2.24) is 0 Å². The summed E-state index contributed by atoms with van der Waals surface area (Å²) in [5, 5.41) is 31.5. The smallest absolute Gasteiger partial charge is 0.337 e. The van der Waals surface area contributed by atoms with Crippen molar-refractivity contribution in [2.45, 2.75) is 111 Å². The zero-order chi connectivity index (χ0) is 36.4. The quantitative estimate of drug-likeness (QED) is 0.246. The Balaban J connectivity index is 1.40. The molecule has 14 heteroatoms. The maximum absolute atomic E-state index is 14.2. The number of hydrogen-bond donors (Lipinski definition) is 3. The summed E-state index contributed by atoms with van der Waals surface area (Å²) < 4.78 is 27.9. The minimum absolute atomic E-state index is 0.0477. The van der Waals surface area contributed by atoms with Gasteiger partial charge in [-0.05, 0) is 81.1 Å². The molecule has 3 saturated carbocycles. The molecule has 1 aliphatic heterocycles. The summed E-state index contributed by atoms with van der Waals surface area (Å²) in [5.41, 5.74) is -0.521. The second-order valence-electron chi connectivity index (χ2n) is 14.9. The Morgan fingerprint density at radius 3 is 2.12 bits per heavy atom. The molecular weight excluding hydrogens is 644 g/mol. The number of ketones is 2. The van der Waals surface area contributed by atoms with Gasteiger partial charge in [-0.3, -0.25) is 24.0 Å². The van der Waals surface area contributed by atoms with E-state index in [0.717, 1.165) is 39.2 Å². The molecule has 4 aliphatic carbocycles. The molecule has 0 bridgehead atoms. The zero-order valence-electron chi connectivity index (χ0n) is 28.8. The number of esters is 3. The van der Waals surface area contributed by atoms with Gasteiger partial charge in [-0.1, -0.05) is 19.4 Å². The molecule has 1 saturated heterocycles. The first-order valence-electron chi connectivity index (χ1n) is 16.7. The third kappa shape index (κ3) is 6.04. The molecule has 5 rings (SSSR count). The molecule has 3 unspecified atom stereocenters. The van der Waals surface area contributed by atoms with Gasteiger partial charge in [-0.15, -0.1) is 0 Å². The van der Waals surface area contributed by atoms with Gasteiger partial charge in [0.25, 0.3) is 0 Å². The summed E-state index contributed by atoms with van der Waals surface area (Å²) in [7, 11) is 0. The van der Waals surface area contributed by atoms with E-state index >= 15 is 0 Å². The van der Waals surface area contributed by atoms with Crippen LogP contribution in [0.4, 0.5) is 0 Å². The van der Waals surface area contributed by atoms with Crippen LogP contribution in [-0.2, 0) is 52.5 Å². The number of ether oxygens (including phenoxy) is 5. The van der Waals surface area contributed by atoms with Gasteiger partial charge >= 0.3 is 23.9 Å². The normalized spacial score (nSPS) is 41.4. The maximum Gasteiger partial charge on any atom is 0.337 e. The van der Waals surface area contributed by atoms with Crippen molar-refractivity contribution >= 4 is 35.4 Å². The van der Waals surface area contributed by atoms with Crippen molar-refractivity contribution in [2.24, 2.45) is 40.4 Å². The number of allylic oxidation sites excluding steroid dienone is 2. The number of carboxylic acids is 1. The summed E-state index contributed by atoms with van der Waals surface area (Å²) in [4.78, 5) is 75.1. The average Bonchev–Trinajstić information content (AvgIpc) is 3.28. The molecule has 270 valence electrons. The minimum Gasteiger partial charge on any atom is -0.507 e. The Bertz CT molecular complexity index is 1510. The predicted octanol–water partition coefficient (Wildman–Crippen LogP) is 3.51. The third-order valence-corrected chi connectivity index (χ3v) is 12.0. The first-order chi connectivity index (χ1) is 22.8. The highest BCUT2D eigenvalue weighted by atomic mass is 16.8. The molecular formula is C35H46O14. The molecule has 0 aromatic heterocycles. The molecule has 12 atom stereocenters. The molecule has 0 spiro atoms. The van der Waals surface area contributed by atoms with Crippen molar-refractivity contribution in [1.29, 1.82) is 0 Å². The van der Waals surface area contributed by atoms with Gasteiger partial charge in [0.2, 0.25) is 17.3 Å². The van der Waals surface area contributed by atoms with E-state index in [4.69, 9.17) is 23.7 Å². The first-order valence-corrected chi connectivity index (χ1v) is 16.7. The van der Waals surface area contributed by atoms with Crippen LogP contribution in [-0.4, -0.2) is 87.6 Å². The number of carbonyl (C=O) groups excluding carboxylic acids is 5. The van der Waals surface area contributed by atoms with Gasteiger partial charge in [0.15, 0.2) is 30.2 Å². The number of carboxylic acid groups (broad SMARTS) is 1. The third-order valence-electron chi connectivity index (χ3n) is 12.0. The lowest BCUT2D eigenvalue weighted by Crippen LogP contribution is -2.68. The number of aliphatic hydroxyl groups excluding tert-OH is 2. The summed E-state index contributed by atoms with van der Waals surface area (Å²) in [6.45, 7) is 9.85. The number of hydrogen-bond acceptors (Lipinski definition) is 13. The van der Waals surface area contributed by atoms with E-state index in [1.165, 1.54) is 13.0 Å². The second-order valence-corrected chi connectivity index (χ2v) is 14.9. The monoisotopic (exact) mass is 690 g/mol. The highest BCUT2D eigenvalue weighted by Crippen LogP contribution is 2.68. The van der Waals surface area contributed by atoms with E-state index in [-0.39, 0.29) is 35.2 Å². The summed E-state index contributed by atoms with van der Waals surface area (Å²) in [6.07, 6.45) is -2.07. The fourth-order valence-electron chi connectivity index (χ4n) is 10.0. The van der Waals surface area contributed by atoms with E-state index < -0.39 is 89.0 Å². The SMILES string of the molecule is CC(=O)O[C@H]1[C@H](OC(C)=O)[C@@H](OC(C)=O)[C@](C)(OCC(=O)[C@H]2[C@@H](C)CC3C4CCC5=CC(=O)C(O)=C(O)[C@]5(C)C4CC[C@@]32C)O[C@@H]1C(=O)O. The van der Waals surface area contributed by atoms with Crippen molar-refractivity contribution < 1.29 is 67.8 Å². The van der Waals surface area contributed by atoms with Crippen molar-refractivity contribution in [3.63, 3.8) is 0 Å². The van der Waals surface area contributed by atoms with E-state index in [1.807, 2.05) is 13.8 Å². The number of rotatable bonds is 8. The Morgan fingerprint density at radius 1 is 0.918 bits per heavy atom. The number of aliphatic carboxylic acids is 1. The van der Waals surface area contributed by atoms with Crippen molar-refractivity contribution in [2.75, 3.05) is 6.61 Å². The zero-order valence-corrected chi connectivity index (χ0v) is 28.8. The predicted molar refractivity (Wildman–Crippen MR) is 166 cm³/mol. The Kier molecular flexibility index (Phi) is 9.56. The molecule has 3 N–H and O–H groups in total. The second kappa shape index (κ2) is 12.8. The lowest BCUT2D eigenvalue weighted by atomic mass is 9.47. The Labute approximate surface area is 284 Å². The summed E-state index contributed by atoms with van der Waals surface area (Å²) in [6, 6.07) is 0. The van der Waals surface area contributed by atoms with Crippen LogP contribution >= 0.6 is 0 Å². The van der Waals surface area contributed by atoms with E-state index in [1.54, 1.807) is 0 Å². The number of Topliss-reactive ketones (excluding diaryl/α,β-unsaturated/α-hetero) is 1. The van der Waals surface area contributed by atoms with E-state index in [2.05, 4.69) is 6.92 Å². The largest absolute Gasteiger partial charge is 0.507 e. The fourth-order valence-corrected chi connectivity index (χ4v) is 10.0. The molecule has 0 aromatic rings. The molecule has 5 aliphatic rings. The average molecular weight is 691 g/mol. The van der Waals surface area contributed by atoms with Crippen molar-refractivity contribution in [3.8, 4) is 0 Å². The number of aliphatic hydroxyl groups is 2. The highest BCUT2D eigenvalue weighted by Gasteiger charge is 2.64. The lowest BCUT2D eigenvalue weighted by Gasteiger charge is -2.57. The van der Waals surface area contributed by atoms with Gasteiger partial charge in [-0.2, -0.15) is 0 Å². The first kappa shape index (κ1) is 36.5. The molecule has 4 fully saturated rings. The highest BCUT2D eigenvalue weighted by molar-refractivity contribution is 6.04. The minimum atomic E-state index is -2.12. The van der Waals surface area contributed by atoms with E-state index in [0.29, 0.717) is 19.3 Å². The molecule has 0 radical (unpaired) electrons. The van der Waals surface area contributed by atoms with Gasteiger partial charge in [-0.25, -0.2) is 4.79 Å². The van der Waals surface area contributed by atoms with Crippen LogP contribution in [0, 0.1) is 40.4 Å². The van der Waals surface area contributed by atoms with Crippen LogP contribution in [0.15, 0.2) is 23.2 Å². The topological polar surface area (TPSA) is 209 Å². The van der Waals surface area contributed by atoms with Gasteiger partial charge in [0.05, 0.1) is 5.41 Å². The molecule has 1 heterocycles. The van der Waals surface area contributed by atoms with Gasteiger partial charge < -0.3 is 39.0 Å². The molecule has 14 nitrogen and oxygen atoms in total. The summed E-state index contributed by atoms with van der Waals surface area (Å²) >= 11 is 0. The number of fused-ring (bicyclic) bond motifs is 5. The van der Waals surface area contributed by atoms with E-state index in [9.17, 15) is 44.1 Å². The fraction of sp³-hybridized carbons (Fsp3) is 0.714. The maximum atomic E-state index is 14.2. The summed E-state index contributed by atoms with van der Waals surface area (Å²) in [5.74, 6) is -8.48.